The monoisotopic (exact) mass is 273 g/mol. The summed E-state index contributed by atoms with van der Waals surface area (Å²) >= 11 is 0. The minimum Gasteiger partial charge on any atom is -0.496 e. The van der Waals surface area contributed by atoms with Crippen molar-refractivity contribution in [1.29, 1.82) is 0 Å². The van der Waals surface area contributed by atoms with Gasteiger partial charge in [-0.25, -0.2) is 4.39 Å². The normalized spacial score (nSPS) is 20.9. The van der Waals surface area contributed by atoms with Crippen molar-refractivity contribution >= 4 is 0 Å². The summed E-state index contributed by atoms with van der Waals surface area (Å²) < 4.78 is 24.6. The number of hydrogen-bond donors (Lipinski definition) is 1. The predicted octanol–water partition coefficient (Wildman–Crippen LogP) is 3.36. The Balaban J connectivity index is 1.97. The van der Waals surface area contributed by atoms with E-state index in [1.54, 1.807) is 13.2 Å². The van der Waals surface area contributed by atoms with E-state index in [0.717, 1.165) is 16.9 Å². The molecule has 1 unspecified atom stereocenters. The number of fused-ring (bicyclic) bond motifs is 1. The average Bonchev–Trinajstić information content (AvgIpc) is 2.47. The highest BCUT2D eigenvalue weighted by atomic mass is 19.1. The van der Waals surface area contributed by atoms with Crippen LogP contribution in [0.5, 0.6) is 11.5 Å². The van der Waals surface area contributed by atoms with Crippen LogP contribution in [-0.2, 0) is 0 Å². The Hall–Kier alpha value is -2.07. The summed E-state index contributed by atoms with van der Waals surface area (Å²) in [4.78, 5) is 0. The third-order valence-corrected chi connectivity index (χ3v) is 3.59. The van der Waals surface area contributed by atoms with E-state index >= 15 is 0 Å². The standard InChI is InChI=1S/C16H16FNO2/c1-19-14-5-3-2-4-11(14)16-9-13(18)12-8-10(17)6-7-15(12)20-16/h2-8,13,16H,9,18H2,1H3/t13-,16?/m1/s1. The second kappa shape index (κ2) is 5.13. The second-order valence-corrected chi connectivity index (χ2v) is 4.87. The van der Waals surface area contributed by atoms with Crippen LogP contribution in [0.3, 0.4) is 0 Å². The number of para-hydroxylation sites is 1. The van der Waals surface area contributed by atoms with E-state index in [2.05, 4.69) is 0 Å². The number of hydrogen-bond acceptors (Lipinski definition) is 3. The van der Waals surface area contributed by atoms with Gasteiger partial charge < -0.3 is 15.2 Å². The minimum absolute atomic E-state index is 0.181. The Bertz CT molecular complexity index is 630. The van der Waals surface area contributed by atoms with Gasteiger partial charge in [0, 0.05) is 23.6 Å². The number of benzene rings is 2. The van der Waals surface area contributed by atoms with Crippen molar-refractivity contribution in [3.8, 4) is 11.5 Å². The number of methoxy groups -OCH3 is 1. The highest BCUT2D eigenvalue weighted by Gasteiger charge is 2.29. The Labute approximate surface area is 117 Å². The van der Waals surface area contributed by atoms with Gasteiger partial charge in [0.15, 0.2) is 0 Å². The zero-order valence-electron chi connectivity index (χ0n) is 11.2. The first-order valence-electron chi connectivity index (χ1n) is 6.53. The highest BCUT2D eigenvalue weighted by Crippen LogP contribution is 2.42. The summed E-state index contributed by atoms with van der Waals surface area (Å²) in [6, 6.07) is 11.9. The fraction of sp³-hybridized carbons (Fsp3) is 0.250. The molecule has 2 aromatic rings. The molecule has 0 saturated heterocycles. The van der Waals surface area contributed by atoms with Gasteiger partial charge in [-0.3, -0.25) is 0 Å². The molecule has 104 valence electrons. The molecule has 1 aliphatic heterocycles. The Morgan fingerprint density at radius 2 is 2.00 bits per heavy atom. The van der Waals surface area contributed by atoms with Crippen molar-refractivity contribution in [1.82, 2.24) is 0 Å². The smallest absolute Gasteiger partial charge is 0.129 e. The number of rotatable bonds is 2. The third-order valence-electron chi connectivity index (χ3n) is 3.59. The van der Waals surface area contributed by atoms with Gasteiger partial charge in [-0.2, -0.15) is 0 Å². The summed E-state index contributed by atoms with van der Waals surface area (Å²) in [5.41, 5.74) is 7.82. The molecule has 0 saturated carbocycles. The third kappa shape index (κ3) is 2.23. The molecule has 3 nitrogen and oxygen atoms in total. The van der Waals surface area contributed by atoms with Crippen molar-refractivity contribution in [2.75, 3.05) is 7.11 Å². The number of ether oxygens (including phenoxy) is 2. The molecule has 1 aliphatic rings. The summed E-state index contributed by atoms with van der Waals surface area (Å²) in [5, 5.41) is 0. The van der Waals surface area contributed by atoms with E-state index in [1.165, 1.54) is 12.1 Å². The molecule has 0 amide bonds. The largest absolute Gasteiger partial charge is 0.496 e. The first-order chi connectivity index (χ1) is 9.69. The van der Waals surface area contributed by atoms with Crippen LogP contribution < -0.4 is 15.2 Å². The van der Waals surface area contributed by atoms with Gasteiger partial charge >= 0.3 is 0 Å². The van der Waals surface area contributed by atoms with E-state index in [4.69, 9.17) is 15.2 Å². The average molecular weight is 273 g/mol. The van der Waals surface area contributed by atoms with Crippen LogP contribution in [0.25, 0.3) is 0 Å². The van der Waals surface area contributed by atoms with Gasteiger partial charge in [0.2, 0.25) is 0 Å². The summed E-state index contributed by atoms with van der Waals surface area (Å²) in [6.07, 6.45) is 0.413. The fourth-order valence-corrected chi connectivity index (χ4v) is 2.60. The summed E-state index contributed by atoms with van der Waals surface area (Å²) in [5.74, 6) is 1.12. The molecule has 0 fully saturated rings. The number of halogens is 1. The van der Waals surface area contributed by atoms with Crippen molar-refractivity contribution in [2.45, 2.75) is 18.6 Å². The topological polar surface area (TPSA) is 44.5 Å². The molecule has 0 aliphatic carbocycles. The molecular weight excluding hydrogens is 257 g/mol. The molecule has 0 aromatic heterocycles. The lowest BCUT2D eigenvalue weighted by molar-refractivity contribution is 0.157. The minimum atomic E-state index is -0.293. The van der Waals surface area contributed by atoms with Crippen LogP contribution in [0.15, 0.2) is 42.5 Å². The highest BCUT2D eigenvalue weighted by molar-refractivity contribution is 5.42. The van der Waals surface area contributed by atoms with E-state index in [0.29, 0.717) is 12.2 Å². The summed E-state index contributed by atoms with van der Waals surface area (Å²) in [7, 11) is 1.63. The zero-order valence-corrected chi connectivity index (χ0v) is 11.2. The van der Waals surface area contributed by atoms with Crippen molar-refractivity contribution in [2.24, 2.45) is 5.73 Å². The first-order valence-corrected chi connectivity index (χ1v) is 6.53. The van der Waals surface area contributed by atoms with Gasteiger partial charge in [0.05, 0.1) is 7.11 Å². The molecular formula is C16H16FNO2. The van der Waals surface area contributed by atoms with Gasteiger partial charge in [-0.15, -0.1) is 0 Å². The van der Waals surface area contributed by atoms with Crippen LogP contribution in [0.2, 0.25) is 0 Å². The predicted molar refractivity (Wildman–Crippen MR) is 74.3 cm³/mol. The van der Waals surface area contributed by atoms with Crippen LogP contribution in [0.4, 0.5) is 4.39 Å². The zero-order chi connectivity index (χ0) is 14.1. The molecule has 1 heterocycles. The van der Waals surface area contributed by atoms with Gasteiger partial charge in [0.25, 0.3) is 0 Å². The van der Waals surface area contributed by atoms with Crippen LogP contribution >= 0.6 is 0 Å². The molecule has 4 heteroatoms. The van der Waals surface area contributed by atoms with E-state index in [9.17, 15) is 4.39 Å². The quantitative estimate of drug-likeness (QED) is 0.912. The molecule has 3 rings (SSSR count). The van der Waals surface area contributed by atoms with E-state index in [-0.39, 0.29) is 18.0 Å². The van der Waals surface area contributed by atoms with Crippen LogP contribution in [-0.4, -0.2) is 7.11 Å². The summed E-state index contributed by atoms with van der Waals surface area (Å²) in [6.45, 7) is 0. The lowest BCUT2D eigenvalue weighted by Gasteiger charge is -2.31. The number of nitrogens with two attached hydrogens (primary N) is 1. The Morgan fingerprint density at radius 3 is 2.80 bits per heavy atom. The van der Waals surface area contributed by atoms with Crippen molar-refractivity contribution in [3.05, 3.63) is 59.4 Å². The van der Waals surface area contributed by atoms with Gasteiger partial charge in [-0.05, 0) is 24.3 Å². The maximum atomic E-state index is 13.3. The van der Waals surface area contributed by atoms with Crippen LogP contribution in [0, 0.1) is 5.82 Å². The van der Waals surface area contributed by atoms with E-state index < -0.39 is 0 Å². The SMILES string of the molecule is COc1ccccc1C1C[C@@H](N)c2cc(F)ccc2O1. The molecule has 2 N–H and O–H groups in total. The molecule has 20 heavy (non-hydrogen) atoms. The maximum Gasteiger partial charge on any atom is 0.129 e. The first kappa shape index (κ1) is 12.9. The van der Waals surface area contributed by atoms with E-state index in [1.807, 2.05) is 24.3 Å². The fourth-order valence-electron chi connectivity index (χ4n) is 2.60. The second-order valence-electron chi connectivity index (χ2n) is 4.87. The molecule has 0 spiro atoms. The van der Waals surface area contributed by atoms with Crippen molar-refractivity contribution < 1.29 is 13.9 Å². The maximum absolute atomic E-state index is 13.3. The van der Waals surface area contributed by atoms with Crippen LogP contribution in [0.1, 0.15) is 29.7 Å². The lowest BCUT2D eigenvalue weighted by atomic mass is 9.93. The molecule has 2 aromatic carbocycles. The van der Waals surface area contributed by atoms with Crippen molar-refractivity contribution in [3.63, 3.8) is 0 Å². The lowest BCUT2D eigenvalue weighted by Crippen LogP contribution is -2.24. The molecule has 2 atom stereocenters. The van der Waals surface area contributed by atoms with Gasteiger partial charge in [-0.1, -0.05) is 18.2 Å². The molecule has 0 radical (unpaired) electrons. The Kier molecular flexibility index (Phi) is 3.32. The Morgan fingerprint density at radius 1 is 1.20 bits per heavy atom. The molecule has 0 bridgehead atoms. The van der Waals surface area contributed by atoms with Gasteiger partial charge in [0.1, 0.15) is 23.4 Å².